The smallest absolute Gasteiger partial charge is 0.269 e. The van der Waals surface area contributed by atoms with Crippen LogP contribution in [-0.4, -0.2) is 14.1 Å². The fraction of sp³-hybridized carbons (Fsp3) is 0.0847. The summed E-state index contributed by atoms with van der Waals surface area (Å²) in [6, 6.07) is 41.5. The lowest BCUT2D eigenvalue weighted by molar-refractivity contribution is -0.571. The van der Waals surface area contributed by atoms with E-state index >= 15 is 0 Å². The lowest BCUT2D eigenvalue weighted by atomic mass is 9.88. The molecular formula is C59H46N4O. The van der Waals surface area contributed by atoms with Crippen molar-refractivity contribution in [2.45, 2.75) is 32.6 Å². The zero-order chi connectivity index (χ0) is 51.7. The third-order valence-corrected chi connectivity index (χ3v) is 12.0. The molecule has 0 atom stereocenters. The molecule has 0 radical (unpaired) electrons. The lowest BCUT2D eigenvalue weighted by Gasteiger charge is -2.19. The molecule has 5 heteroatoms. The van der Waals surface area contributed by atoms with Crippen LogP contribution in [0.5, 0.6) is 11.5 Å². The standard InChI is InChI=1S/C59H46N4O/c1-3-41(4-2)52-38-58(60-39-53(52)44-24-12-7-13-25-44)63-54-31-15-14-28-50(54)51-35-34-47(37-57(51)63)64-46-27-18-26-45(36-46)61-40-62(56-33-17-16-32-55(56)61)59-48(42-20-8-5-9-21-42)29-19-30-49(59)43-22-10-6-11-23-43/h5-39,41H,3-4H2,1-2H3/i5D,6D,8D,9D,10D,11D,20D,21D,22D,23D. The number of ether oxygens (including phenoxy) is 1. The molecule has 0 aliphatic carbocycles. The average molecular weight is 837 g/mol. The number of pyridine rings is 1. The largest absolute Gasteiger partial charge is 0.458 e. The van der Waals surface area contributed by atoms with Gasteiger partial charge in [-0.3, -0.25) is 13.7 Å². The number of hydrogen-bond acceptors (Lipinski definition) is 2. The summed E-state index contributed by atoms with van der Waals surface area (Å²) in [5.74, 6) is 2.25. The molecule has 0 aliphatic heterocycles. The second-order valence-electron chi connectivity index (χ2n) is 15.6. The number of para-hydroxylation sites is 4. The van der Waals surface area contributed by atoms with Crippen LogP contribution in [0.25, 0.3) is 83.4 Å². The Morgan fingerprint density at radius 1 is 0.578 bits per heavy atom. The van der Waals surface area contributed by atoms with Crippen LogP contribution in [0.15, 0.2) is 212 Å². The highest BCUT2D eigenvalue weighted by Crippen LogP contribution is 2.39. The van der Waals surface area contributed by atoms with E-state index in [1.165, 1.54) is 5.56 Å². The molecule has 5 nitrogen and oxygen atoms in total. The van der Waals surface area contributed by atoms with Gasteiger partial charge >= 0.3 is 0 Å². The summed E-state index contributed by atoms with van der Waals surface area (Å²) in [5.41, 5.74) is 7.54. The Bertz CT molecular complexity index is 3910. The van der Waals surface area contributed by atoms with Crippen LogP contribution >= 0.6 is 0 Å². The molecule has 3 heterocycles. The van der Waals surface area contributed by atoms with E-state index in [-0.39, 0.29) is 27.9 Å². The maximum absolute atomic E-state index is 9.04. The third kappa shape index (κ3) is 6.92. The van der Waals surface area contributed by atoms with Crippen LogP contribution in [0.2, 0.25) is 0 Å². The third-order valence-electron chi connectivity index (χ3n) is 12.0. The SMILES string of the molecule is [2H]c1c([2H])c([2H])c(-c2cccc(-c3c([2H])c([2H])c([2H])c([2H])c3[2H])c2-[n+]2[c-]n(-c3cccc(Oc4ccc5c6ccccc6n(-c6cc(C(CC)CC)c(-c7ccccc7)cn6)c5c4)c3)c3ccccc32)c([2H])c1[2H]. The van der Waals surface area contributed by atoms with Crippen molar-refractivity contribution in [1.82, 2.24) is 14.1 Å². The van der Waals surface area contributed by atoms with Gasteiger partial charge in [0.2, 0.25) is 0 Å². The van der Waals surface area contributed by atoms with Gasteiger partial charge in [0, 0.05) is 28.6 Å². The molecule has 0 bridgehead atoms. The first-order valence-corrected chi connectivity index (χ1v) is 21.4. The summed E-state index contributed by atoms with van der Waals surface area (Å²) in [7, 11) is 0. The summed E-state index contributed by atoms with van der Waals surface area (Å²) in [6.07, 6.45) is 7.43. The van der Waals surface area contributed by atoms with Gasteiger partial charge in [-0.1, -0.05) is 171 Å². The molecule has 0 spiro atoms. The van der Waals surface area contributed by atoms with E-state index in [4.69, 9.17) is 23.4 Å². The van der Waals surface area contributed by atoms with Gasteiger partial charge < -0.3 is 4.74 Å². The summed E-state index contributed by atoms with van der Waals surface area (Å²) in [6.45, 7) is 4.46. The van der Waals surface area contributed by atoms with Gasteiger partial charge in [0.25, 0.3) is 6.33 Å². The minimum absolute atomic E-state index is 0.129. The van der Waals surface area contributed by atoms with Crippen LogP contribution < -0.4 is 9.30 Å². The van der Waals surface area contributed by atoms with Crippen LogP contribution in [-0.2, 0) is 0 Å². The summed E-state index contributed by atoms with van der Waals surface area (Å²) in [5, 5.41) is 2.13. The summed E-state index contributed by atoms with van der Waals surface area (Å²) >= 11 is 0. The van der Waals surface area contributed by atoms with Crippen LogP contribution in [0.4, 0.5) is 0 Å². The number of benzene rings is 8. The zero-order valence-corrected chi connectivity index (χ0v) is 35.1. The molecular weight excluding hydrogens is 781 g/mol. The zero-order valence-electron chi connectivity index (χ0n) is 45.1. The van der Waals surface area contributed by atoms with Crippen molar-refractivity contribution >= 4 is 32.8 Å². The van der Waals surface area contributed by atoms with E-state index in [0.29, 0.717) is 34.1 Å². The molecule has 3 aromatic heterocycles. The van der Waals surface area contributed by atoms with Gasteiger partial charge in [0.05, 0.1) is 47.1 Å². The highest BCUT2D eigenvalue weighted by atomic mass is 16.5. The second kappa shape index (κ2) is 16.7. The molecule has 11 rings (SSSR count). The molecule has 308 valence electrons. The van der Waals surface area contributed by atoms with Crippen molar-refractivity contribution in [2.24, 2.45) is 0 Å². The minimum Gasteiger partial charge on any atom is -0.458 e. The number of nitrogens with zero attached hydrogens (tertiary/aromatic N) is 4. The fourth-order valence-electron chi connectivity index (χ4n) is 8.96. The van der Waals surface area contributed by atoms with Crippen LogP contribution in [0.1, 0.15) is 51.9 Å². The Kier molecular flexibility index (Phi) is 7.64. The first-order chi connectivity index (χ1) is 35.8. The highest BCUT2D eigenvalue weighted by molar-refractivity contribution is 6.09. The summed E-state index contributed by atoms with van der Waals surface area (Å²) < 4.78 is 99.6. The molecule has 0 fully saturated rings. The predicted molar refractivity (Wildman–Crippen MR) is 262 cm³/mol. The van der Waals surface area contributed by atoms with Crippen molar-refractivity contribution in [3.8, 4) is 62.1 Å². The number of imidazole rings is 1. The lowest BCUT2D eigenvalue weighted by Crippen LogP contribution is -2.31. The van der Waals surface area contributed by atoms with Gasteiger partial charge in [-0.05, 0) is 94.6 Å². The Morgan fingerprint density at radius 3 is 1.95 bits per heavy atom. The Balaban J connectivity index is 1.06. The molecule has 0 unspecified atom stereocenters. The molecule has 0 N–H and O–H groups in total. The fourth-order valence-corrected chi connectivity index (χ4v) is 8.96. The van der Waals surface area contributed by atoms with Crippen LogP contribution in [0.3, 0.4) is 0 Å². The Hall–Kier alpha value is -8.02. The normalized spacial score (nSPS) is 13.7. The Labute approximate surface area is 387 Å². The van der Waals surface area contributed by atoms with Crippen molar-refractivity contribution in [1.29, 1.82) is 0 Å². The Morgan fingerprint density at radius 2 is 1.22 bits per heavy atom. The van der Waals surface area contributed by atoms with E-state index in [2.05, 4.69) is 73.3 Å². The van der Waals surface area contributed by atoms with Crippen molar-refractivity contribution < 1.29 is 23.0 Å². The van der Waals surface area contributed by atoms with Crippen molar-refractivity contribution in [2.75, 3.05) is 0 Å². The summed E-state index contributed by atoms with van der Waals surface area (Å²) in [4.78, 5) is 5.13. The number of rotatable bonds is 11. The first-order valence-electron chi connectivity index (χ1n) is 26.4. The van der Waals surface area contributed by atoms with Gasteiger partial charge in [0.1, 0.15) is 17.3 Å². The van der Waals surface area contributed by atoms with E-state index in [0.717, 1.165) is 51.6 Å². The number of aromatic nitrogens is 4. The second-order valence-corrected chi connectivity index (χ2v) is 15.6. The van der Waals surface area contributed by atoms with E-state index < -0.39 is 60.4 Å². The molecule has 0 aliphatic rings. The maximum atomic E-state index is 9.04. The van der Waals surface area contributed by atoms with Crippen molar-refractivity contribution in [3.63, 3.8) is 0 Å². The van der Waals surface area contributed by atoms with E-state index in [9.17, 15) is 0 Å². The first kappa shape index (κ1) is 29.3. The molecule has 0 saturated carbocycles. The molecule has 0 amide bonds. The monoisotopic (exact) mass is 836 g/mol. The van der Waals surface area contributed by atoms with Gasteiger partial charge in [-0.25, -0.2) is 4.98 Å². The van der Waals surface area contributed by atoms with Gasteiger partial charge in [-0.15, -0.1) is 0 Å². The van der Waals surface area contributed by atoms with Crippen molar-refractivity contribution in [3.05, 3.63) is 224 Å². The van der Waals surface area contributed by atoms with E-state index in [1.54, 1.807) is 27.3 Å². The number of fused-ring (bicyclic) bond motifs is 4. The minimum atomic E-state index is -0.566. The molecule has 8 aromatic carbocycles. The predicted octanol–water partition coefficient (Wildman–Crippen LogP) is 14.9. The molecule has 0 saturated heterocycles. The van der Waals surface area contributed by atoms with Gasteiger partial charge in [0.15, 0.2) is 0 Å². The highest BCUT2D eigenvalue weighted by Gasteiger charge is 2.22. The van der Waals surface area contributed by atoms with Gasteiger partial charge in [-0.2, -0.15) is 0 Å². The molecule has 11 aromatic rings. The average Bonchev–Trinajstić information content (AvgIpc) is 3.97. The molecule has 64 heavy (non-hydrogen) atoms. The quantitative estimate of drug-likeness (QED) is 0.0961. The maximum Gasteiger partial charge on any atom is 0.269 e. The number of hydrogen-bond donors (Lipinski definition) is 0. The topological polar surface area (TPSA) is 35.9 Å². The van der Waals surface area contributed by atoms with E-state index in [1.807, 2.05) is 85.1 Å². The van der Waals surface area contributed by atoms with Crippen LogP contribution in [0, 0.1) is 6.33 Å².